The van der Waals surface area contributed by atoms with Crippen molar-refractivity contribution in [2.75, 3.05) is 27.2 Å². The van der Waals surface area contributed by atoms with Crippen LogP contribution in [-0.2, 0) is 11.2 Å². The largest absolute Gasteiger partial charge is 0.386 e. The lowest BCUT2D eigenvalue weighted by atomic mass is 9.99. The van der Waals surface area contributed by atoms with Gasteiger partial charge < -0.3 is 15.0 Å². The Hall–Kier alpha value is -2.11. The fourth-order valence-electron chi connectivity index (χ4n) is 5.01. The quantitative estimate of drug-likeness (QED) is 0.727. The fourth-order valence-corrected chi connectivity index (χ4v) is 5.01. The molecule has 0 radical (unpaired) electrons. The lowest BCUT2D eigenvalue weighted by Crippen LogP contribution is -2.35. The summed E-state index contributed by atoms with van der Waals surface area (Å²) in [7, 11) is 3.65. The molecule has 1 aliphatic carbocycles. The van der Waals surface area contributed by atoms with Gasteiger partial charge in [-0.05, 0) is 61.9 Å². The van der Waals surface area contributed by atoms with Gasteiger partial charge >= 0.3 is 0 Å². The van der Waals surface area contributed by atoms with Crippen molar-refractivity contribution in [1.82, 2.24) is 14.8 Å². The van der Waals surface area contributed by atoms with Crippen LogP contribution in [0.1, 0.15) is 56.1 Å². The van der Waals surface area contributed by atoms with Crippen LogP contribution in [0.15, 0.2) is 30.5 Å². The molecule has 1 amide bonds. The summed E-state index contributed by atoms with van der Waals surface area (Å²) in [6.07, 6.45) is 14.2. The van der Waals surface area contributed by atoms with Crippen molar-refractivity contribution in [3.8, 4) is 0 Å². The first-order valence-corrected chi connectivity index (χ1v) is 11.4. The van der Waals surface area contributed by atoms with Gasteiger partial charge in [0, 0.05) is 50.2 Å². The highest BCUT2D eigenvalue weighted by Crippen LogP contribution is 2.32. The maximum atomic E-state index is 12.0. The summed E-state index contributed by atoms with van der Waals surface area (Å²) in [6.45, 7) is 1.93. The number of carbonyl (C=O) groups excluding carboxylic acids is 1. The molecule has 2 heterocycles. The van der Waals surface area contributed by atoms with Crippen LogP contribution in [0.25, 0.3) is 17.0 Å². The van der Waals surface area contributed by atoms with E-state index in [9.17, 15) is 9.90 Å². The molecule has 1 saturated heterocycles. The molecule has 0 bridgehead atoms. The smallest absolute Gasteiger partial charge is 0.223 e. The Morgan fingerprint density at radius 2 is 2.10 bits per heavy atom. The van der Waals surface area contributed by atoms with Crippen molar-refractivity contribution in [2.24, 2.45) is 0 Å². The summed E-state index contributed by atoms with van der Waals surface area (Å²) in [6, 6.07) is 6.99. The number of aromatic amines is 1. The van der Waals surface area contributed by atoms with Crippen LogP contribution in [0.2, 0.25) is 0 Å². The zero-order chi connectivity index (χ0) is 21.1. The number of benzene rings is 1. The Morgan fingerprint density at radius 3 is 2.87 bits per heavy atom. The predicted octanol–water partition coefficient (Wildman–Crippen LogP) is 3.97. The molecular formula is C25H35N3O2. The molecule has 1 aromatic carbocycles. The van der Waals surface area contributed by atoms with E-state index >= 15 is 0 Å². The van der Waals surface area contributed by atoms with E-state index in [0.29, 0.717) is 12.5 Å². The summed E-state index contributed by atoms with van der Waals surface area (Å²) in [4.78, 5) is 19.6. The Morgan fingerprint density at radius 1 is 1.30 bits per heavy atom. The molecule has 5 nitrogen and oxygen atoms in total. The molecule has 2 aromatic rings. The van der Waals surface area contributed by atoms with Crippen LogP contribution in [0.5, 0.6) is 0 Å². The van der Waals surface area contributed by atoms with Crippen molar-refractivity contribution < 1.29 is 9.90 Å². The van der Waals surface area contributed by atoms with Gasteiger partial charge in [0.05, 0.1) is 5.60 Å². The van der Waals surface area contributed by atoms with Gasteiger partial charge in [-0.3, -0.25) is 9.69 Å². The number of carbonyl (C=O) groups is 1. The van der Waals surface area contributed by atoms with Crippen molar-refractivity contribution >= 4 is 22.9 Å². The lowest BCUT2D eigenvalue weighted by molar-refractivity contribution is -0.129. The van der Waals surface area contributed by atoms with Gasteiger partial charge in [0.25, 0.3) is 0 Å². The molecule has 1 aromatic heterocycles. The first kappa shape index (κ1) is 21.1. The van der Waals surface area contributed by atoms with E-state index in [1.807, 2.05) is 20.2 Å². The van der Waals surface area contributed by atoms with Gasteiger partial charge in [-0.25, -0.2) is 0 Å². The fraction of sp³-hybridized carbons (Fsp3) is 0.560. The van der Waals surface area contributed by atoms with Crippen molar-refractivity contribution in [3.63, 3.8) is 0 Å². The van der Waals surface area contributed by atoms with E-state index in [1.165, 1.54) is 23.8 Å². The van der Waals surface area contributed by atoms with Crippen molar-refractivity contribution in [3.05, 3.63) is 41.6 Å². The minimum absolute atomic E-state index is 0.202. The van der Waals surface area contributed by atoms with Gasteiger partial charge in [0.15, 0.2) is 0 Å². The number of nitrogens with one attached hydrogen (secondary N) is 1. The molecule has 5 heteroatoms. The Balaban J connectivity index is 1.46. The van der Waals surface area contributed by atoms with E-state index in [4.69, 9.17) is 0 Å². The highest BCUT2D eigenvalue weighted by atomic mass is 16.3. The van der Waals surface area contributed by atoms with Crippen LogP contribution < -0.4 is 0 Å². The number of fused-ring (bicyclic) bond motifs is 1. The average molecular weight is 410 g/mol. The van der Waals surface area contributed by atoms with Crippen molar-refractivity contribution in [1.29, 1.82) is 0 Å². The standard InChI is InChI=1S/C25H35N3O2/c1-27(2)24(29)10-15-28-14-5-6-21(28)17-20-18-26-23-8-7-19(16-22(20)23)9-13-25(30)11-3-4-12-25/h7-9,13,16,18,21,26,30H,3-6,10-12,14-15,17H2,1-2H3/t21-/m1/s1. The third kappa shape index (κ3) is 4.79. The van der Waals surface area contributed by atoms with Gasteiger partial charge in [-0.1, -0.05) is 31.1 Å². The maximum Gasteiger partial charge on any atom is 0.223 e. The topological polar surface area (TPSA) is 59.6 Å². The Bertz CT molecular complexity index is 908. The molecule has 2 aliphatic rings. The van der Waals surface area contributed by atoms with Crippen LogP contribution in [0.4, 0.5) is 0 Å². The Kier molecular flexibility index (Phi) is 6.30. The molecule has 0 unspecified atom stereocenters. The molecule has 0 spiro atoms. The summed E-state index contributed by atoms with van der Waals surface area (Å²) < 4.78 is 0. The minimum Gasteiger partial charge on any atom is -0.386 e. The maximum absolute atomic E-state index is 12.0. The van der Waals surface area contributed by atoms with E-state index in [0.717, 1.165) is 56.3 Å². The summed E-state index contributed by atoms with van der Waals surface area (Å²) in [5, 5.41) is 11.9. The van der Waals surface area contributed by atoms with Gasteiger partial charge in [0.2, 0.25) is 5.91 Å². The summed E-state index contributed by atoms with van der Waals surface area (Å²) in [5.41, 5.74) is 3.03. The average Bonchev–Trinajstić information content (AvgIpc) is 3.46. The number of aromatic nitrogens is 1. The highest BCUT2D eigenvalue weighted by Gasteiger charge is 2.28. The van der Waals surface area contributed by atoms with Crippen LogP contribution in [0, 0.1) is 0 Å². The molecule has 4 rings (SSSR count). The van der Waals surface area contributed by atoms with Gasteiger partial charge in [-0.2, -0.15) is 0 Å². The number of aliphatic hydroxyl groups is 1. The lowest BCUT2D eigenvalue weighted by Gasteiger charge is -2.24. The predicted molar refractivity (Wildman–Crippen MR) is 122 cm³/mol. The van der Waals surface area contributed by atoms with Crippen LogP contribution in [0.3, 0.4) is 0 Å². The third-order valence-electron chi connectivity index (χ3n) is 6.91. The first-order valence-electron chi connectivity index (χ1n) is 11.4. The van der Waals surface area contributed by atoms with Crippen LogP contribution in [-0.4, -0.2) is 64.6 Å². The van der Waals surface area contributed by atoms with Gasteiger partial charge in [0.1, 0.15) is 0 Å². The second kappa shape index (κ2) is 8.94. The van der Waals surface area contributed by atoms with Crippen LogP contribution >= 0.6 is 0 Å². The molecule has 1 atom stereocenters. The van der Waals surface area contributed by atoms with Crippen molar-refractivity contribution in [2.45, 2.75) is 63.0 Å². The minimum atomic E-state index is -0.621. The number of hydrogen-bond acceptors (Lipinski definition) is 3. The van der Waals surface area contributed by atoms with E-state index in [-0.39, 0.29) is 5.91 Å². The number of nitrogens with zero attached hydrogens (tertiary/aromatic N) is 2. The number of amides is 1. The highest BCUT2D eigenvalue weighted by molar-refractivity contribution is 5.85. The molecular weight excluding hydrogens is 374 g/mol. The van der Waals surface area contributed by atoms with Gasteiger partial charge in [-0.15, -0.1) is 0 Å². The SMILES string of the molecule is CN(C)C(=O)CCN1CCC[C@@H]1Cc1c[nH]c2ccc(C=CC3(O)CCCC3)cc12. The second-order valence-corrected chi connectivity index (χ2v) is 9.34. The monoisotopic (exact) mass is 409 g/mol. The molecule has 1 aliphatic heterocycles. The normalized spacial score (nSPS) is 21.8. The molecule has 30 heavy (non-hydrogen) atoms. The zero-order valence-electron chi connectivity index (χ0n) is 18.4. The molecule has 2 N–H and O–H groups in total. The van der Waals surface area contributed by atoms with E-state index in [2.05, 4.69) is 40.4 Å². The number of rotatable bonds is 7. The summed E-state index contributed by atoms with van der Waals surface area (Å²) in [5.74, 6) is 0.202. The second-order valence-electron chi connectivity index (χ2n) is 9.34. The van der Waals surface area contributed by atoms with E-state index < -0.39 is 5.60 Å². The number of H-pyrrole nitrogens is 1. The number of likely N-dealkylation sites (tertiary alicyclic amines) is 1. The van der Waals surface area contributed by atoms with E-state index in [1.54, 1.807) is 4.90 Å². The third-order valence-corrected chi connectivity index (χ3v) is 6.91. The molecule has 162 valence electrons. The first-order chi connectivity index (χ1) is 14.4. The number of hydrogen-bond donors (Lipinski definition) is 2. The Labute approximate surface area is 179 Å². The zero-order valence-corrected chi connectivity index (χ0v) is 18.4. The molecule has 1 saturated carbocycles. The summed E-state index contributed by atoms with van der Waals surface area (Å²) >= 11 is 0. The molecule has 2 fully saturated rings.